The van der Waals surface area contributed by atoms with Gasteiger partial charge >= 0.3 is 5.97 Å². The van der Waals surface area contributed by atoms with Gasteiger partial charge in [0.05, 0.1) is 17.9 Å². The highest BCUT2D eigenvalue weighted by molar-refractivity contribution is 6.02. The molecule has 2 N–H and O–H groups in total. The van der Waals surface area contributed by atoms with Crippen LogP contribution < -0.4 is 5.32 Å². The number of nitrogens with one attached hydrogen (secondary N) is 1. The second-order valence-electron chi connectivity index (χ2n) is 6.02. The lowest BCUT2D eigenvalue weighted by Crippen LogP contribution is -2.29. The third-order valence-electron chi connectivity index (χ3n) is 4.36. The third-order valence-corrected chi connectivity index (χ3v) is 4.36. The number of esters is 1. The van der Waals surface area contributed by atoms with Gasteiger partial charge in [-0.2, -0.15) is 10.1 Å². The van der Waals surface area contributed by atoms with Gasteiger partial charge in [-0.05, 0) is 30.2 Å². The van der Waals surface area contributed by atoms with Gasteiger partial charge in [0.15, 0.2) is 0 Å². The fourth-order valence-corrected chi connectivity index (χ4v) is 3.19. The van der Waals surface area contributed by atoms with Gasteiger partial charge in [0.2, 0.25) is 5.95 Å². The van der Waals surface area contributed by atoms with Crippen LogP contribution >= 0.6 is 0 Å². The zero-order valence-electron chi connectivity index (χ0n) is 14.7. The summed E-state index contributed by atoms with van der Waals surface area (Å²) in [5, 5.41) is 17.2. The zero-order valence-corrected chi connectivity index (χ0v) is 14.7. The van der Waals surface area contributed by atoms with Gasteiger partial charge in [-0.1, -0.05) is 42.5 Å². The maximum atomic E-state index is 12.9. The molecule has 0 fully saturated rings. The van der Waals surface area contributed by atoms with E-state index in [1.165, 1.54) is 6.33 Å². The zero-order chi connectivity index (χ0) is 18.8. The normalized spacial score (nSPS) is 15.8. The summed E-state index contributed by atoms with van der Waals surface area (Å²) in [4.78, 5) is 17.2. The van der Waals surface area contributed by atoms with E-state index in [1.54, 1.807) is 35.9 Å². The van der Waals surface area contributed by atoms with E-state index >= 15 is 0 Å². The number of phenols is 1. The molecule has 1 aliphatic heterocycles. The van der Waals surface area contributed by atoms with Gasteiger partial charge in [0, 0.05) is 0 Å². The van der Waals surface area contributed by atoms with E-state index < -0.39 is 12.0 Å². The van der Waals surface area contributed by atoms with E-state index in [9.17, 15) is 9.90 Å². The Labute approximate surface area is 155 Å². The van der Waals surface area contributed by atoms with Crippen LogP contribution in [0.3, 0.4) is 0 Å². The van der Waals surface area contributed by atoms with Crippen molar-refractivity contribution in [2.45, 2.75) is 13.0 Å². The Balaban J connectivity index is 1.95. The Bertz CT molecular complexity index is 994. The predicted molar refractivity (Wildman–Crippen MR) is 99.9 cm³/mol. The Morgan fingerprint density at radius 2 is 1.93 bits per heavy atom. The number of aromatic hydroxyl groups is 1. The molecule has 1 atom stereocenters. The number of anilines is 1. The molecule has 1 aliphatic rings. The third kappa shape index (κ3) is 3.03. The number of phenolic OH excluding ortho intramolecular Hbond substituents is 1. The van der Waals surface area contributed by atoms with Crippen molar-refractivity contribution in [3.05, 3.63) is 77.6 Å². The highest BCUT2D eigenvalue weighted by atomic mass is 16.5. The summed E-state index contributed by atoms with van der Waals surface area (Å²) < 4.78 is 7.00. The molecule has 0 unspecified atom stereocenters. The number of carbonyl (C=O) groups is 1. The predicted octanol–water partition coefficient (Wildman–Crippen LogP) is 2.97. The van der Waals surface area contributed by atoms with Crippen molar-refractivity contribution >= 4 is 17.6 Å². The molecule has 0 aliphatic carbocycles. The van der Waals surface area contributed by atoms with Crippen molar-refractivity contribution in [3.8, 4) is 5.75 Å². The first kappa shape index (κ1) is 16.8. The number of ether oxygens (including phenoxy) is 1. The number of hydrogen-bond donors (Lipinski definition) is 2. The Kier molecular flexibility index (Phi) is 4.33. The average molecular weight is 362 g/mol. The van der Waals surface area contributed by atoms with Crippen LogP contribution in [0.5, 0.6) is 5.75 Å². The molecule has 0 amide bonds. The second kappa shape index (κ2) is 6.95. The first-order chi connectivity index (χ1) is 13.2. The van der Waals surface area contributed by atoms with E-state index in [2.05, 4.69) is 15.4 Å². The van der Waals surface area contributed by atoms with E-state index in [4.69, 9.17) is 4.74 Å². The lowest BCUT2D eigenvalue weighted by molar-refractivity contribution is -0.138. The Morgan fingerprint density at radius 1 is 1.19 bits per heavy atom. The molecule has 0 spiro atoms. The molecule has 3 aromatic rings. The van der Waals surface area contributed by atoms with Crippen molar-refractivity contribution in [2.75, 3.05) is 11.9 Å². The van der Waals surface area contributed by atoms with E-state index in [1.807, 2.05) is 30.3 Å². The summed E-state index contributed by atoms with van der Waals surface area (Å²) in [6, 6.07) is 15.7. The van der Waals surface area contributed by atoms with Crippen molar-refractivity contribution in [2.24, 2.45) is 0 Å². The fraction of sp³-hybridized carbons (Fsp3) is 0.150. The number of carbonyl (C=O) groups excluding carboxylic acids is 1. The van der Waals surface area contributed by atoms with E-state index in [-0.39, 0.29) is 12.4 Å². The van der Waals surface area contributed by atoms with Gasteiger partial charge in [-0.25, -0.2) is 9.48 Å². The van der Waals surface area contributed by atoms with Crippen molar-refractivity contribution in [1.29, 1.82) is 0 Å². The minimum absolute atomic E-state index is 0.149. The average Bonchev–Trinajstić information content (AvgIpc) is 3.16. The minimum atomic E-state index is -0.529. The van der Waals surface area contributed by atoms with Crippen LogP contribution in [-0.2, 0) is 9.53 Å². The van der Waals surface area contributed by atoms with Gasteiger partial charge in [-0.15, -0.1) is 0 Å². The van der Waals surface area contributed by atoms with Crippen LogP contribution in [0.15, 0.2) is 66.5 Å². The lowest BCUT2D eigenvalue weighted by atomic mass is 9.93. The SMILES string of the molecule is CCOC(=O)C1=C(c2ccccc2)Nc2ncnn2[C@@H]1c1ccc(O)cc1. The largest absolute Gasteiger partial charge is 0.508 e. The van der Waals surface area contributed by atoms with Crippen molar-refractivity contribution in [1.82, 2.24) is 14.8 Å². The van der Waals surface area contributed by atoms with Crippen LogP contribution in [-0.4, -0.2) is 32.4 Å². The van der Waals surface area contributed by atoms with E-state index in [0.717, 1.165) is 11.1 Å². The second-order valence-corrected chi connectivity index (χ2v) is 6.02. The molecule has 2 heterocycles. The Hall–Kier alpha value is -3.61. The quantitative estimate of drug-likeness (QED) is 0.694. The highest BCUT2D eigenvalue weighted by Gasteiger charge is 2.36. The van der Waals surface area contributed by atoms with Crippen molar-refractivity contribution < 1.29 is 14.6 Å². The molecule has 1 aromatic heterocycles. The number of benzene rings is 2. The number of nitrogens with zero attached hydrogens (tertiary/aromatic N) is 3. The fourth-order valence-electron chi connectivity index (χ4n) is 3.19. The summed E-state index contributed by atoms with van der Waals surface area (Å²) in [5.41, 5.74) is 2.70. The van der Waals surface area contributed by atoms with Crippen molar-refractivity contribution in [3.63, 3.8) is 0 Å². The number of aromatic nitrogens is 3. The molecule has 7 nitrogen and oxygen atoms in total. The summed E-state index contributed by atoms with van der Waals surface area (Å²) in [5.74, 6) is 0.250. The van der Waals surface area contributed by atoms with Gasteiger partial charge < -0.3 is 15.2 Å². The first-order valence-electron chi connectivity index (χ1n) is 8.61. The number of fused-ring (bicyclic) bond motifs is 1. The maximum absolute atomic E-state index is 12.9. The van der Waals surface area contributed by atoms with Crippen LogP contribution in [0, 0.1) is 0 Å². The maximum Gasteiger partial charge on any atom is 0.338 e. The molecule has 4 rings (SSSR count). The Morgan fingerprint density at radius 3 is 2.63 bits per heavy atom. The number of rotatable bonds is 4. The van der Waals surface area contributed by atoms with Gasteiger partial charge in [0.1, 0.15) is 18.1 Å². The molecule has 0 saturated heterocycles. The minimum Gasteiger partial charge on any atom is -0.508 e. The molecule has 2 aromatic carbocycles. The molecular weight excluding hydrogens is 344 g/mol. The molecule has 136 valence electrons. The smallest absolute Gasteiger partial charge is 0.338 e. The molecule has 7 heteroatoms. The van der Waals surface area contributed by atoms with Gasteiger partial charge in [0.25, 0.3) is 0 Å². The van der Waals surface area contributed by atoms with Crippen LogP contribution in [0.25, 0.3) is 5.70 Å². The molecule has 0 radical (unpaired) electrons. The monoisotopic (exact) mass is 362 g/mol. The molecular formula is C20H18N4O3. The summed E-state index contributed by atoms with van der Waals surface area (Å²) >= 11 is 0. The molecule has 27 heavy (non-hydrogen) atoms. The molecule has 0 saturated carbocycles. The topological polar surface area (TPSA) is 89.3 Å². The highest BCUT2D eigenvalue weighted by Crippen LogP contribution is 2.39. The number of hydrogen-bond acceptors (Lipinski definition) is 6. The van der Waals surface area contributed by atoms with Crippen LogP contribution in [0.1, 0.15) is 24.1 Å². The van der Waals surface area contributed by atoms with Crippen LogP contribution in [0.2, 0.25) is 0 Å². The standard InChI is InChI=1S/C20H18N4O3/c1-2-27-19(26)16-17(13-6-4-3-5-7-13)23-20-21-12-22-24(20)18(16)14-8-10-15(25)11-9-14/h3-12,18,25H,2H2,1H3,(H,21,22,23)/t18-/m1/s1. The summed E-state index contributed by atoms with van der Waals surface area (Å²) in [6.07, 6.45) is 1.44. The lowest BCUT2D eigenvalue weighted by Gasteiger charge is -2.29. The summed E-state index contributed by atoms with van der Waals surface area (Å²) in [7, 11) is 0. The summed E-state index contributed by atoms with van der Waals surface area (Å²) in [6.45, 7) is 2.03. The van der Waals surface area contributed by atoms with Gasteiger partial charge in [-0.3, -0.25) is 0 Å². The first-order valence-corrected chi connectivity index (χ1v) is 8.61. The molecule has 0 bridgehead atoms. The van der Waals surface area contributed by atoms with Crippen LogP contribution in [0.4, 0.5) is 5.95 Å². The van der Waals surface area contributed by atoms with E-state index in [0.29, 0.717) is 17.2 Å².